The minimum Gasteiger partial charge on any atom is -0.368 e. The highest BCUT2D eigenvalue weighted by molar-refractivity contribution is 6.03. The van der Waals surface area contributed by atoms with Gasteiger partial charge in [0.15, 0.2) is 0 Å². The lowest BCUT2D eigenvalue weighted by Crippen LogP contribution is -2.46. The maximum absolute atomic E-state index is 13.0. The van der Waals surface area contributed by atoms with Crippen LogP contribution in [0.5, 0.6) is 0 Å². The largest absolute Gasteiger partial charge is 0.368 e. The molecule has 0 radical (unpaired) electrons. The third-order valence-electron chi connectivity index (χ3n) is 5.79. The van der Waals surface area contributed by atoms with Crippen LogP contribution in [-0.4, -0.2) is 22.8 Å². The number of carbonyl (C=O) groups excluding carboxylic acids is 2. The van der Waals surface area contributed by atoms with E-state index in [9.17, 15) is 9.59 Å². The van der Waals surface area contributed by atoms with Crippen LogP contribution in [0.25, 0.3) is 32.4 Å². The van der Waals surface area contributed by atoms with Gasteiger partial charge >= 0.3 is 0 Å². The van der Waals surface area contributed by atoms with Crippen molar-refractivity contribution in [1.82, 2.24) is 10.3 Å². The summed E-state index contributed by atoms with van der Waals surface area (Å²) in [6.45, 7) is 0. The lowest BCUT2D eigenvalue weighted by Gasteiger charge is -2.19. The second kappa shape index (κ2) is 8.12. The van der Waals surface area contributed by atoms with Gasteiger partial charge in [0, 0.05) is 18.0 Å². The van der Waals surface area contributed by atoms with Gasteiger partial charge in [-0.05, 0) is 45.3 Å². The Balaban J connectivity index is 1.51. The highest BCUT2D eigenvalue weighted by atomic mass is 16.2. The lowest BCUT2D eigenvalue weighted by molar-refractivity contribution is -0.119. The molecule has 32 heavy (non-hydrogen) atoms. The van der Waals surface area contributed by atoms with E-state index < -0.39 is 11.9 Å². The molecule has 1 atom stereocenters. The summed E-state index contributed by atoms with van der Waals surface area (Å²) < 4.78 is 0. The number of rotatable bonds is 5. The second-order valence-electron chi connectivity index (χ2n) is 7.85. The summed E-state index contributed by atoms with van der Waals surface area (Å²) in [4.78, 5) is 29.7. The zero-order valence-electron chi connectivity index (χ0n) is 17.3. The van der Waals surface area contributed by atoms with Crippen molar-refractivity contribution in [2.45, 2.75) is 12.5 Å². The second-order valence-corrected chi connectivity index (χ2v) is 7.85. The fourth-order valence-electron chi connectivity index (χ4n) is 4.19. The van der Waals surface area contributed by atoms with E-state index in [1.165, 1.54) is 6.20 Å². The molecule has 1 aromatic heterocycles. The van der Waals surface area contributed by atoms with Crippen LogP contribution in [0.4, 0.5) is 0 Å². The van der Waals surface area contributed by atoms with E-state index in [0.29, 0.717) is 12.0 Å². The first-order valence-corrected chi connectivity index (χ1v) is 10.4. The highest BCUT2D eigenvalue weighted by Gasteiger charge is 2.22. The molecular weight excluding hydrogens is 398 g/mol. The molecule has 0 spiro atoms. The van der Waals surface area contributed by atoms with Crippen LogP contribution in [0.2, 0.25) is 0 Å². The first-order valence-electron chi connectivity index (χ1n) is 10.4. The molecule has 0 aliphatic rings. The molecule has 0 aliphatic carbocycles. The van der Waals surface area contributed by atoms with Gasteiger partial charge in [0.25, 0.3) is 5.91 Å². The minimum absolute atomic E-state index is 0.296. The minimum atomic E-state index is -0.858. The Labute approximate surface area is 184 Å². The van der Waals surface area contributed by atoms with Crippen molar-refractivity contribution >= 4 is 44.3 Å². The maximum atomic E-state index is 13.0. The Morgan fingerprint density at radius 1 is 0.812 bits per heavy atom. The van der Waals surface area contributed by atoms with Gasteiger partial charge in [0.05, 0.1) is 11.1 Å². The average molecular weight is 419 g/mol. The van der Waals surface area contributed by atoms with E-state index in [0.717, 1.165) is 38.0 Å². The van der Waals surface area contributed by atoms with Gasteiger partial charge in [-0.2, -0.15) is 0 Å². The van der Waals surface area contributed by atoms with E-state index in [4.69, 9.17) is 5.73 Å². The molecule has 5 nitrogen and oxygen atoms in total. The molecule has 156 valence electrons. The summed E-state index contributed by atoms with van der Waals surface area (Å²) in [5.74, 6) is -0.958. The van der Waals surface area contributed by atoms with Crippen molar-refractivity contribution in [2.75, 3.05) is 0 Å². The standard InChI is InChI=1S/C27H21N3O2/c28-26(31)25(30-27(32)20-14-19-9-3-6-12-24(19)29-16-20)15-23-21-10-4-1-7-17(21)13-18-8-2-5-11-22(18)23/h1-14,16,25H,15H2,(H2,28,31)(H,30,32)/t25-/m1/s1. The van der Waals surface area contributed by atoms with Crippen LogP contribution >= 0.6 is 0 Å². The number of hydrogen-bond donors (Lipinski definition) is 2. The normalized spacial score (nSPS) is 12.1. The summed E-state index contributed by atoms with van der Waals surface area (Å²) in [6, 6.07) is 26.7. The topological polar surface area (TPSA) is 85.1 Å². The van der Waals surface area contributed by atoms with E-state index in [1.54, 1.807) is 6.07 Å². The third kappa shape index (κ3) is 3.65. The Morgan fingerprint density at radius 2 is 1.41 bits per heavy atom. The highest BCUT2D eigenvalue weighted by Crippen LogP contribution is 2.29. The van der Waals surface area contributed by atoms with E-state index in [2.05, 4.69) is 16.4 Å². The monoisotopic (exact) mass is 419 g/mol. The maximum Gasteiger partial charge on any atom is 0.253 e. The van der Waals surface area contributed by atoms with Crippen molar-refractivity contribution in [1.29, 1.82) is 0 Å². The van der Waals surface area contributed by atoms with E-state index >= 15 is 0 Å². The van der Waals surface area contributed by atoms with Crippen LogP contribution in [0.15, 0.2) is 91.1 Å². The Kier molecular flexibility index (Phi) is 5.00. The molecule has 3 N–H and O–H groups in total. The van der Waals surface area contributed by atoms with Crippen molar-refractivity contribution in [3.63, 3.8) is 0 Å². The number of nitrogens with zero attached hydrogens (tertiary/aromatic N) is 1. The van der Waals surface area contributed by atoms with Gasteiger partial charge in [-0.25, -0.2) is 0 Å². The molecule has 5 heteroatoms. The summed E-state index contributed by atoms with van der Waals surface area (Å²) in [5, 5.41) is 7.92. The number of para-hydroxylation sites is 1. The van der Waals surface area contributed by atoms with Gasteiger partial charge in [0.2, 0.25) is 5.91 Å². The molecule has 0 unspecified atom stereocenters. The summed E-state index contributed by atoms with van der Waals surface area (Å²) in [5.41, 5.74) is 7.90. The van der Waals surface area contributed by atoms with E-state index in [1.807, 2.05) is 72.8 Å². The van der Waals surface area contributed by atoms with Crippen molar-refractivity contribution < 1.29 is 9.59 Å². The molecule has 5 rings (SSSR count). The number of carbonyl (C=O) groups is 2. The number of amides is 2. The Hall–Kier alpha value is -4.25. The molecule has 2 amide bonds. The predicted molar refractivity (Wildman–Crippen MR) is 127 cm³/mol. The summed E-state index contributed by atoms with van der Waals surface area (Å²) in [7, 11) is 0. The summed E-state index contributed by atoms with van der Waals surface area (Å²) >= 11 is 0. The first kappa shape index (κ1) is 19.7. The molecule has 0 aliphatic heterocycles. The SMILES string of the molecule is NC(=O)[C@@H](Cc1c2ccccc2cc2ccccc12)NC(=O)c1cnc2ccccc2c1. The van der Waals surface area contributed by atoms with Gasteiger partial charge in [0.1, 0.15) is 6.04 Å². The fourth-order valence-corrected chi connectivity index (χ4v) is 4.19. The number of fused-ring (bicyclic) bond motifs is 3. The number of pyridine rings is 1. The molecule has 0 saturated heterocycles. The molecule has 0 bridgehead atoms. The van der Waals surface area contributed by atoms with Crippen LogP contribution in [0, 0.1) is 0 Å². The predicted octanol–water partition coefficient (Wildman–Crippen LogP) is 4.37. The molecule has 0 saturated carbocycles. The number of hydrogen-bond acceptors (Lipinski definition) is 3. The molecule has 1 heterocycles. The zero-order valence-corrected chi connectivity index (χ0v) is 17.3. The lowest BCUT2D eigenvalue weighted by atomic mass is 9.92. The molecule has 4 aromatic carbocycles. The van der Waals surface area contributed by atoms with Crippen molar-refractivity contribution in [3.8, 4) is 0 Å². The van der Waals surface area contributed by atoms with E-state index in [-0.39, 0.29) is 5.91 Å². The van der Waals surface area contributed by atoms with Gasteiger partial charge in [-0.1, -0.05) is 66.7 Å². The zero-order chi connectivity index (χ0) is 22.1. The number of aromatic nitrogens is 1. The molecular formula is C27H21N3O2. The smallest absolute Gasteiger partial charge is 0.253 e. The Bertz CT molecular complexity index is 1440. The van der Waals surface area contributed by atoms with Crippen molar-refractivity contribution in [2.24, 2.45) is 5.73 Å². The first-order chi connectivity index (χ1) is 15.6. The average Bonchev–Trinajstić information content (AvgIpc) is 2.82. The molecule has 5 aromatic rings. The van der Waals surface area contributed by atoms with Crippen LogP contribution < -0.4 is 11.1 Å². The quantitative estimate of drug-likeness (QED) is 0.415. The van der Waals surface area contributed by atoms with Crippen LogP contribution in [-0.2, 0) is 11.2 Å². The van der Waals surface area contributed by atoms with Crippen LogP contribution in [0.1, 0.15) is 15.9 Å². The van der Waals surface area contributed by atoms with Gasteiger partial charge in [-0.15, -0.1) is 0 Å². The number of benzene rings is 4. The number of nitrogens with one attached hydrogen (secondary N) is 1. The Morgan fingerprint density at radius 3 is 2.06 bits per heavy atom. The fraction of sp³-hybridized carbons (Fsp3) is 0.0741. The van der Waals surface area contributed by atoms with Gasteiger partial charge < -0.3 is 11.1 Å². The van der Waals surface area contributed by atoms with Crippen molar-refractivity contribution in [3.05, 3.63) is 102 Å². The number of nitrogens with two attached hydrogens (primary N) is 1. The number of primary amides is 1. The van der Waals surface area contributed by atoms with Gasteiger partial charge in [-0.3, -0.25) is 14.6 Å². The summed E-state index contributed by atoms with van der Waals surface area (Å²) in [6.07, 6.45) is 1.81. The van der Waals surface area contributed by atoms with Crippen LogP contribution in [0.3, 0.4) is 0 Å². The third-order valence-corrected chi connectivity index (χ3v) is 5.79. The molecule has 0 fully saturated rings.